The third-order valence-electron chi connectivity index (χ3n) is 5.98. The summed E-state index contributed by atoms with van der Waals surface area (Å²) in [7, 11) is 0. The van der Waals surface area contributed by atoms with Crippen LogP contribution >= 0.6 is 0 Å². The van der Waals surface area contributed by atoms with Gasteiger partial charge in [0.1, 0.15) is 0 Å². The van der Waals surface area contributed by atoms with E-state index in [9.17, 15) is 4.79 Å². The molecule has 5 heteroatoms. The Balaban J connectivity index is 1.33. The van der Waals surface area contributed by atoms with Crippen LogP contribution in [0.5, 0.6) is 0 Å². The van der Waals surface area contributed by atoms with Crippen molar-refractivity contribution < 1.29 is 4.79 Å². The quantitative estimate of drug-likeness (QED) is 0.196. The number of rotatable bonds is 6. The maximum absolute atomic E-state index is 12.7. The Kier molecular flexibility index (Phi) is 6.02. The summed E-state index contributed by atoms with van der Waals surface area (Å²) < 4.78 is 4.17. The number of hydrogen-bond donors (Lipinski definition) is 1. The Morgan fingerprint density at radius 1 is 0.971 bits per heavy atom. The molecule has 1 N–H and O–H groups in total. The molecule has 2 aromatic heterocycles. The maximum atomic E-state index is 12.7. The lowest BCUT2D eigenvalue weighted by Crippen LogP contribution is -2.17. The molecule has 0 aliphatic rings. The lowest BCUT2D eigenvalue weighted by Gasteiger charge is -2.12. The molecular weight excluding hydrogens is 432 g/mol. The van der Waals surface area contributed by atoms with Crippen LogP contribution in [0.15, 0.2) is 102 Å². The SMILES string of the molecule is C#CCn1cc(/C=N/NC(=O)c2ccc(-n3c(C)ccc3-c3ccccc3)cc2)c2ccccc21. The average molecular weight is 457 g/mol. The summed E-state index contributed by atoms with van der Waals surface area (Å²) in [5.74, 6) is 2.39. The predicted octanol–water partition coefficient (Wildman–Crippen LogP) is 5.80. The highest BCUT2D eigenvalue weighted by molar-refractivity contribution is 6.00. The van der Waals surface area contributed by atoms with Gasteiger partial charge in [-0.15, -0.1) is 6.42 Å². The number of benzene rings is 3. The summed E-state index contributed by atoms with van der Waals surface area (Å²) in [6, 6.07) is 30.0. The second kappa shape index (κ2) is 9.58. The lowest BCUT2D eigenvalue weighted by atomic mass is 10.1. The van der Waals surface area contributed by atoms with Gasteiger partial charge in [-0.2, -0.15) is 5.10 Å². The Morgan fingerprint density at radius 2 is 1.71 bits per heavy atom. The molecule has 35 heavy (non-hydrogen) atoms. The van der Waals surface area contributed by atoms with Gasteiger partial charge in [0.25, 0.3) is 5.91 Å². The summed E-state index contributed by atoms with van der Waals surface area (Å²) in [6.45, 7) is 2.54. The van der Waals surface area contributed by atoms with E-state index < -0.39 is 0 Å². The number of hydrogen-bond acceptors (Lipinski definition) is 2. The number of carbonyl (C=O) groups is 1. The van der Waals surface area contributed by atoms with Crippen LogP contribution < -0.4 is 5.43 Å². The molecule has 3 aromatic carbocycles. The van der Waals surface area contributed by atoms with Gasteiger partial charge in [-0.3, -0.25) is 4.79 Å². The van der Waals surface area contributed by atoms with Crippen molar-refractivity contribution in [3.05, 3.63) is 114 Å². The van der Waals surface area contributed by atoms with Gasteiger partial charge in [0.15, 0.2) is 0 Å². The standard InChI is InChI=1S/C30H24N4O/c1-3-19-33-21-25(27-11-7-8-12-29(27)33)20-31-32-30(35)24-14-16-26(17-15-24)34-22(2)13-18-28(34)23-9-5-4-6-10-23/h1,4-18,20-21H,19H2,2H3,(H,32,35)/b31-20+. The van der Waals surface area contributed by atoms with E-state index in [4.69, 9.17) is 6.42 Å². The first kappa shape index (κ1) is 22.0. The number of nitrogens with zero attached hydrogens (tertiary/aromatic N) is 3. The van der Waals surface area contributed by atoms with E-state index >= 15 is 0 Å². The van der Waals surface area contributed by atoms with Gasteiger partial charge in [-0.1, -0.05) is 54.5 Å². The van der Waals surface area contributed by atoms with Crippen LogP contribution in [0.1, 0.15) is 21.6 Å². The summed E-state index contributed by atoms with van der Waals surface area (Å²) in [5.41, 5.74) is 9.45. The molecule has 0 saturated carbocycles. The molecule has 170 valence electrons. The molecular formula is C30H24N4O. The van der Waals surface area contributed by atoms with Crippen LogP contribution in [0.4, 0.5) is 0 Å². The number of nitrogens with one attached hydrogen (secondary N) is 1. The van der Waals surface area contributed by atoms with Crippen LogP contribution in [0.25, 0.3) is 27.8 Å². The highest BCUT2D eigenvalue weighted by atomic mass is 16.2. The number of para-hydroxylation sites is 1. The van der Waals surface area contributed by atoms with E-state index in [-0.39, 0.29) is 5.91 Å². The van der Waals surface area contributed by atoms with Crippen molar-refractivity contribution >= 4 is 23.0 Å². The number of terminal acetylenes is 1. The summed E-state index contributed by atoms with van der Waals surface area (Å²) in [5, 5.41) is 5.22. The van der Waals surface area contributed by atoms with Gasteiger partial charge < -0.3 is 9.13 Å². The Labute approximate surface area is 204 Å². The van der Waals surface area contributed by atoms with Crippen molar-refractivity contribution in [2.45, 2.75) is 13.5 Å². The second-order valence-electron chi connectivity index (χ2n) is 8.24. The number of amides is 1. The minimum absolute atomic E-state index is 0.271. The first-order chi connectivity index (χ1) is 17.2. The monoisotopic (exact) mass is 456 g/mol. The zero-order chi connectivity index (χ0) is 24.2. The van der Waals surface area contributed by atoms with Crippen LogP contribution in [-0.2, 0) is 6.54 Å². The average Bonchev–Trinajstić information content (AvgIpc) is 3.45. The fourth-order valence-electron chi connectivity index (χ4n) is 4.31. The van der Waals surface area contributed by atoms with Gasteiger partial charge in [0.05, 0.1) is 18.5 Å². The number of carbonyl (C=O) groups excluding carboxylic acids is 1. The summed E-state index contributed by atoms with van der Waals surface area (Å²) in [6.07, 6.45) is 9.08. The normalized spacial score (nSPS) is 11.1. The molecule has 0 bridgehead atoms. The topological polar surface area (TPSA) is 51.3 Å². The molecule has 5 nitrogen and oxygen atoms in total. The molecule has 0 unspecified atom stereocenters. The fourth-order valence-corrected chi connectivity index (χ4v) is 4.31. The smallest absolute Gasteiger partial charge is 0.271 e. The van der Waals surface area contributed by atoms with Crippen molar-refractivity contribution in [3.8, 4) is 29.3 Å². The third kappa shape index (κ3) is 4.38. The fraction of sp³-hybridized carbons (Fsp3) is 0.0667. The van der Waals surface area contributed by atoms with Gasteiger partial charge in [0, 0.05) is 39.6 Å². The number of aromatic nitrogens is 2. The predicted molar refractivity (Wildman–Crippen MR) is 142 cm³/mol. The van der Waals surface area contributed by atoms with E-state index in [0.717, 1.165) is 39.1 Å². The molecule has 0 aliphatic carbocycles. The zero-order valence-electron chi connectivity index (χ0n) is 19.3. The van der Waals surface area contributed by atoms with Crippen LogP contribution in [-0.4, -0.2) is 21.3 Å². The minimum atomic E-state index is -0.271. The minimum Gasteiger partial charge on any atom is -0.335 e. The highest BCUT2D eigenvalue weighted by Crippen LogP contribution is 2.26. The van der Waals surface area contributed by atoms with E-state index in [1.54, 1.807) is 6.21 Å². The molecule has 0 radical (unpaired) electrons. The first-order valence-electron chi connectivity index (χ1n) is 11.3. The Morgan fingerprint density at radius 3 is 2.49 bits per heavy atom. The van der Waals surface area contributed by atoms with Crippen molar-refractivity contribution in [2.24, 2.45) is 5.10 Å². The molecule has 0 fully saturated rings. The third-order valence-corrected chi connectivity index (χ3v) is 5.98. The zero-order valence-corrected chi connectivity index (χ0v) is 19.3. The Bertz CT molecular complexity index is 1560. The van der Waals surface area contributed by atoms with Crippen molar-refractivity contribution in [2.75, 3.05) is 0 Å². The van der Waals surface area contributed by atoms with Crippen molar-refractivity contribution in [1.82, 2.24) is 14.6 Å². The van der Waals surface area contributed by atoms with E-state index in [1.807, 2.05) is 77.5 Å². The van der Waals surface area contributed by atoms with Crippen LogP contribution in [0.2, 0.25) is 0 Å². The molecule has 5 rings (SSSR count). The summed E-state index contributed by atoms with van der Waals surface area (Å²) in [4.78, 5) is 12.7. The van der Waals surface area contributed by atoms with Crippen LogP contribution in [0, 0.1) is 19.3 Å². The van der Waals surface area contributed by atoms with E-state index in [0.29, 0.717) is 12.1 Å². The molecule has 5 aromatic rings. The largest absolute Gasteiger partial charge is 0.335 e. The maximum Gasteiger partial charge on any atom is 0.271 e. The van der Waals surface area contributed by atoms with E-state index in [2.05, 4.69) is 52.2 Å². The molecule has 2 heterocycles. The second-order valence-corrected chi connectivity index (χ2v) is 8.24. The summed E-state index contributed by atoms with van der Waals surface area (Å²) >= 11 is 0. The number of fused-ring (bicyclic) bond motifs is 1. The van der Waals surface area contributed by atoms with Gasteiger partial charge >= 0.3 is 0 Å². The van der Waals surface area contributed by atoms with Gasteiger partial charge in [-0.05, 0) is 55.0 Å². The van der Waals surface area contributed by atoms with Crippen LogP contribution in [0.3, 0.4) is 0 Å². The molecule has 1 amide bonds. The van der Waals surface area contributed by atoms with Crippen molar-refractivity contribution in [3.63, 3.8) is 0 Å². The van der Waals surface area contributed by atoms with Crippen molar-refractivity contribution in [1.29, 1.82) is 0 Å². The number of hydrazone groups is 1. The highest BCUT2D eigenvalue weighted by Gasteiger charge is 2.11. The Hall–Kier alpha value is -4.82. The number of aryl methyl sites for hydroxylation is 1. The van der Waals surface area contributed by atoms with E-state index in [1.165, 1.54) is 0 Å². The van der Waals surface area contributed by atoms with Gasteiger partial charge in [-0.25, -0.2) is 5.43 Å². The lowest BCUT2D eigenvalue weighted by molar-refractivity contribution is 0.0955. The first-order valence-corrected chi connectivity index (χ1v) is 11.3. The van der Waals surface area contributed by atoms with Gasteiger partial charge in [0.2, 0.25) is 0 Å². The molecule has 0 atom stereocenters. The molecule has 0 aliphatic heterocycles. The molecule has 0 saturated heterocycles. The molecule has 0 spiro atoms.